The molecule has 136 valence electrons. The van der Waals surface area contributed by atoms with Crippen LogP contribution in [0.4, 0.5) is 4.79 Å². The maximum atomic E-state index is 12.0. The molecule has 6 heteroatoms. The highest BCUT2D eigenvalue weighted by Gasteiger charge is 2.28. The van der Waals surface area contributed by atoms with Gasteiger partial charge < -0.3 is 15.8 Å². The SMILES string of the molecule is CC(NC(=O)OC(C)(C)C)C(CN)N(C)C(C)c1ccccc1Cl. The molecule has 0 heterocycles. The molecule has 3 N–H and O–H groups in total. The van der Waals surface area contributed by atoms with Crippen molar-refractivity contribution in [3.63, 3.8) is 0 Å². The maximum Gasteiger partial charge on any atom is 0.407 e. The number of ether oxygens (including phenoxy) is 1. The number of hydrogen-bond donors (Lipinski definition) is 2. The van der Waals surface area contributed by atoms with Crippen LogP contribution >= 0.6 is 11.6 Å². The molecule has 0 spiro atoms. The van der Waals surface area contributed by atoms with E-state index in [-0.39, 0.29) is 18.1 Å². The van der Waals surface area contributed by atoms with Crippen LogP contribution in [0.5, 0.6) is 0 Å². The van der Waals surface area contributed by atoms with E-state index in [1.165, 1.54) is 0 Å². The third-order valence-electron chi connectivity index (χ3n) is 4.05. The van der Waals surface area contributed by atoms with Crippen molar-refractivity contribution in [3.8, 4) is 0 Å². The molecule has 0 radical (unpaired) electrons. The van der Waals surface area contributed by atoms with Crippen LogP contribution in [0.3, 0.4) is 0 Å². The molecule has 0 aliphatic carbocycles. The Morgan fingerprint density at radius 1 is 1.33 bits per heavy atom. The molecule has 0 aliphatic heterocycles. The Kier molecular flexibility index (Phi) is 7.52. The molecule has 24 heavy (non-hydrogen) atoms. The van der Waals surface area contributed by atoms with Crippen molar-refractivity contribution >= 4 is 17.7 Å². The van der Waals surface area contributed by atoms with E-state index in [1.54, 1.807) is 0 Å². The lowest BCUT2D eigenvalue weighted by molar-refractivity contribution is 0.0466. The maximum absolute atomic E-state index is 12.0. The van der Waals surface area contributed by atoms with E-state index in [4.69, 9.17) is 22.1 Å². The highest BCUT2D eigenvalue weighted by molar-refractivity contribution is 6.31. The number of hydrogen-bond acceptors (Lipinski definition) is 4. The molecule has 5 nitrogen and oxygen atoms in total. The second-order valence-electron chi connectivity index (χ2n) is 7.10. The number of halogens is 1. The van der Waals surface area contributed by atoms with E-state index >= 15 is 0 Å². The topological polar surface area (TPSA) is 67.6 Å². The van der Waals surface area contributed by atoms with Crippen molar-refractivity contribution in [2.75, 3.05) is 13.6 Å². The average molecular weight is 356 g/mol. The molecule has 0 saturated carbocycles. The van der Waals surface area contributed by atoms with Crippen molar-refractivity contribution in [2.45, 2.75) is 58.3 Å². The molecule has 1 aromatic carbocycles. The van der Waals surface area contributed by atoms with Gasteiger partial charge in [0, 0.05) is 29.7 Å². The Labute approximate surface area is 150 Å². The second-order valence-corrected chi connectivity index (χ2v) is 7.51. The molecule has 3 unspecified atom stereocenters. The molecule has 0 aliphatic rings. The molecule has 0 fully saturated rings. The summed E-state index contributed by atoms with van der Waals surface area (Å²) in [5, 5.41) is 3.60. The zero-order valence-electron chi connectivity index (χ0n) is 15.5. The predicted octanol–water partition coefficient (Wildman–Crippen LogP) is 3.57. The molecule has 1 amide bonds. The molecule has 1 aromatic rings. The van der Waals surface area contributed by atoms with Gasteiger partial charge in [-0.15, -0.1) is 0 Å². The summed E-state index contributed by atoms with van der Waals surface area (Å²) in [6.45, 7) is 9.92. The Balaban J connectivity index is 2.80. The van der Waals surface area contributed by atoms with Gasteiger partial charge in [0.05, 0.1) is 0 Å². The van der Waals surface area contributed by atoms with Gasteiger partial charge in [-0.1, -0.05) is 29.8 Å². The van der Waals surface area contributed by atoms with E-state index in [2.05, 4.69) is 17.1 Å². The molecular formula is C18H30ClN3O2. The monoisotopic (exact) mass is 355 g/mol. The third kappa shape index (κ3) is 5.96. The second kappa shape index (κ2) is 8.70. The number of benzene rings is 1. The zero-order valence-corrected chi connectivity index (χ0v) is 16.2. The first kappa shape index (κ1) is 20.7. The predicted molar refractivity (Wildman–Crippen MR) is 99.3 cm³/mol. The van der Waals surface area contributed by atoms with Crippen LogP contribution in [0.1, 0.15) is 46.2 Å². The summed E-state index contributed by atoms with van der Waals surface area (Å²) >= 11 is 6.30. The summed E-state index contributed by atoms with van der Waals surface area (Å²) in [6, 6.07) is 7.60. The minimum atomic E-state index is -0.529. The molecule has 0 saturated heterocycles. The Hall–Kier alpha value is -1.30. The van der Waals surface area contributed by atoms with E-state index in [0.717, 1.165) is 10.6 Å². The van der Waals surface area contributed by atoms with Gasteiger partial charge >= 0.3 is 6.09 Å². The largest absolute Gasteiger partial charge is 0.444 e. The summed E-state index contributed by atoms with van der Waals surface area (Å²) < 4.78 is 5.32. The summed E-state index contributed by atoms with van der Waals surface area (Å²) in [5.74, 6) is 0. The van der Waals surface area contributed by atoms with Gasteiger partial charge in [0.15, 0.2) is 0 Å². The van der Waals surface area contributed by atoms with Crippen LogP contribution in [0.25, 0.3) is 0 Å². The van der Waals surface area contributed by atoms with Gasteiger partial charge in [0.1, 0.15) is 5.60 Å². The van der Waals surface area contributed by atoms with Crippen molar-refractivity contribution in [1.29, 1.82) is 0 Å². The van der Waals surface area contributed by atoms with Crippen molar-refractivity contribution in [3.05, 3.63) is 34.9 Å². The summed E-state index contributed by atoms with van der Waals surface area (Å²) in [7, 11) is 1.98. The Morgan fingerprint density at radius 2 is 1.92 bits per heavy atom. The average Bonchev–Trinajstić information content (AvgIpc) is 2.45. The van der Waals surface area contributed by atoms with Crippen molar-refractivity contribution < 1.29 is 9.53 Å². The fourth-order valence-corrected chi connectivity index (χ4v) is 2.93. The number of nitrogens with one attached hydrogen (secondary N) is 1. The lowest BCUT2D eigenvalue weighted by Crippen LogP contribution is -2.53. The minimum Gasteiger partial charge on any atom is -0.444 e. The van der Waals surface area contributed by atoms with Crippen molar-refractivity contribution in [1.82, 2.24) is 10.2 Å². The smallest absolute Gasteiger partial charge is 0.407 e. The summed E-state index contributed by atoms with van der Waals surface area (Å²) in [5.41, 5.74) is 6.47. The number of alkyl carbamates (subject to hydrolysis) is 1. The minimum absolute atomic E-state index is 0.0520. The molecule has 3 atom stereocenters. The van der Waals surface area contributed by atoms with Gasteiger partial charge in [-0.05, 0) is 53.3 Å². The number of nitrogens with zero attached hydrogens (tertiary/aromatic N) is 1. The highest BCUT2D eigenvalue weighted by Crippen LogP contribution is 2.27. The van der Waals surface area contributed by atoms with Crippen LogP contribution in [-0.4, -0.2) is 42.3 Å². The van der Waals surface area contributed by atoms with Crippen LogP contribution in [-0.2, 0) is 4.74 Å². The highest BCUT2D eigenvalue weighted by atomic mass is 35.5. The quantitative estimate of drug-likeness (QED) is 0.818. The third-order valence-corrected chi connectivity index (χ3v) is 4.40. The number of nitrogens with two attached hydrogens (primary N) is 1. The molecular weight excluding hydrogens is 326 g/mol. The molecule has 1 rings (SSSR count). The van der Waals surface area contributed by atoms with Gasteiger partial charge in [0.2, 0.25) is 0 Å². The number of rotatable bonds is 6. The zero-order chi connectivity index (χ0) is 18.5. The first-order valence-electron chi connectivity index (χ1n) is 8.22. The lowest BCUT2D eigenvalue weighted by Gasteiger charge is -2.37. The number of amides is 1. The summed E-state index contributed by atoms with van der Waals surface area (Å²) in [4.78, 5) is 14.1. The Morgan fingerprint density at radius 3 is 2.42 bits per heavy atom. The van der Waals surface area contributed by atoms with Crippen LogP contribution < -0.4 is 11.1 Å². The van der Waals surface area contributed by atoms with E-state index < -0.39 is 11.7 Å². The normalized spacial score (nSPS) is 15.7. The van der Waals surface area contributed by atoms with Crippen LogP contribution in [0.15, 0.2) is 24.3 Å². The first-order valence-corrected chi connectivity index (χ1v) is 8.60. The van der Waals surface area contributed by atoms with E-state index in [9.17, 15) is 4.79 Å². The molecule has 0 aromatic heterocycles. The molecule has 0 bridgehead atoms. The lowest BCUT2D eigenvalue weighted by atomic mass is 10.0. The first-order chi connectivity index (χ1) is 11.1. The fraction of sp³-hybridized carbons (Fsp3) is 0.611. The standard InChI is InChI=1S/C18H30ClN3O2/c1-12(21-17(23)24-18(3,4)5)16(11-20)22(6)13(2)14-9-7-8-10-15(14)19/h7-10,12-13,16H,11,20H2,1-6H3,(H,21,23). The number of carbonyl (C=O) groups is 1. The van der Waals surface area contributed by atoms with Crippen LogP contribution in [0.2, 0.25) is 5.02 Å². The van der Waals surface area contributed by atoms with Crippen LogP contribution in [0, 0.1) is 0 Å². The number of carbonyl (C=O) groups excluding carboxylic acids is 1. The fourth-order valence-electron chi connectivity index (χ4n) is 2.63. The summed E-state index contributed by atoms with van der Waals surface area (Å²) in [6.07, 6.45) is -0.438. The van der Waals surface area contributed by atoms with Gasteiger partial charge in [-0.25, -0.2) is 4.79 Å². The van der Waals surface area contributed by atoms with Gasteiger partial charge in [-0.3, -0.25) is 4.90 Å². The van der Waals surface area contributed by atoms with Gasteiger partial charge in [0.25, 0.3) is 0 Å². The van der Waals surface area contributed by atoms with Gasteiger partial charge in [-0.2, -0.15) is 0 Å². The Bertz CT molecular complexity index is 545. The van der Waals surface area contributed by atoms with E-state index in [0.29, 0.717) is 6.54 Å². The van der Waals surface area contributed by atoms with E-state index in [1.807, 2.05) is 59.0 Å². The van der Waals surface area contributed by atoms with Crippen molar-refractivity contribution in [2.24, 2.45) is 5.73 Å². The number of likely N-dealkylation sites (N-methyl/N-ethyl adjacent to an activating group) is 1.